The molecule has 0 aliphatic heterocycles. The quantitative estimate of drug-likeness (QED) is 0.818. The Kier molecular flexibility index (Phi) is 7.09. The van der Waals surface area contributed by atoms with Gasteiger partial charge in [0.15, 0.2) is 0 Å². The number of likely N-dealkylation sites (N-methyl/N-ethyl adjacent to an activating group) is 2. The molecule has 2 aromatic carbocycles. The van der Waals surface area contributed by atoms with Crippen molar-refractivity contribution in [1.82, 2.24) is 9.80 Å². The monoisotopic (exact) mass is 364 g/mol. The van der Waals surface area contributed by atoms with Crippen LogP contribution in [0.1, 0.15) is 16.7 Å². The molecular formula is C21H24N4O2. The van der Waals surface area contributed by atoms with Crippen molar-refractivity contribution in [1.29, 1.82) is 5.26 Å². The summed E-state index contributed by atoms with van der Waals surface area (Å²) in [4.78, 5) is 27.7. The zero-order valence-electron chi connectivity index (χ0n) is 15.9. The van der Waals surface area contributed by atoms with Crippen LogP contribution < -0.4 is 5.32 Å². The summed E-state index contributed by atoms with van der Waals surface area (Å²) in [6.07, 6.45) is 0. The fraction of sp³-hybridized carbons (Fsp3) is 0.286. The average Bonchev–Trinajstić information content (AvgIpc) is 2.63. The molecule has 27 heavy (non-hydrogen) atoms. The Balaban J connectivity index is 1.82. The minimum absolute atomic E-state index is 0.00946. The van der Waals surface area contributed by atoms with Gasteiger partial charge in [0.1, 0.15) is 0 Å². The molecule has 1 N–H and O–H groups in total. The van der Waals surface area contributed by atoms with Crippen LogP contribution in [-0.2, 0) is 16.1 Å². The van der Waals surface area contributed by atoms with Gasteiger partial charge in [-0.05, 0) is 43.8 Å². The van der Waals surface area contributed by atoms with E-state index in [4.69, 9.17) is 5.26 Å². The molecule has 0 unspecified atom stereocenters. The molecule has 140 valence electrons. The summed E-state index contributed by atoms with van der Waals surface area (Å²) in [5.74, 6) is -0.382. The Hall–Kier alpha value is -3.17. The number of carbonyl (C=O) groups is 2. The van der Waals surface area contributed by atoms with Crippen LogP contribution in [0.2, 0.25) is 0 Å². The highest BCUT2D eigenvalue weighted by Crippen LogP contribution is 2.09. The van der Waals surface area contributed by atoms with Crippen LogP contribution in [0.5, 0.6) is 0 Å². The lowest BCUT2D eigenvalue weighted by Crippen LogP contribution is -2.40. The number of hydrogen-bond acceptors (Lipinski definition) is 4. The molecular weight excluding hydrogens is 340 g/mol. The lowest BCUT2D eigenvalue weighted by molar-refractivity contribution is -0.134. The SMILES string of the molecule is Cc1ccc(NC(=O)CN(C)C(=O)CN(C)Cc2cccc(C#N)c2)cc1. The van der Waals surface area contributed by atoms with Gasteiger partial charge < -0.3 is 10.2 Å². The average molecular weight is 364 g/mol. The number of nitriles is 1. The molecule has 0 bridgehead atoms. The summed E-state index contributed by atoms with van der Waals surface area (Å²) in [5, 5.41) is 11.7. The number of amides is 2. The van der Waals surface area contributed by atoms with Crippen molar-refractivity contribution in [3.05, 3.63) is 65.2 Å². The molecule has 0 atom stereocenters. The maximum Gasteiger partial charge on any atom is 0.243 e. The van der Waals surface area contributed by atoms with Gasteiger partial charge in [-0.25, -0.2) is 0 Å². The number of aryl methyl sites for hydroxylation is 1. The van der Waals surface area contributed by atoms with E-state index in [-0.39, 0.29) is 24.9 Å². The molecule has 0 aliphatic rings. The molecule has 0 saturated heterocycles. The third-order valence-corrected chi connectivity index (χ3v) is 4.06. The van der Waals surface area contributed by atoms with Gasteiger partial charge in [0.2, 0.25) is 11.8 Å². The number of carbonyl (C=O) groups excluding carboxylic acids is 2. The summed E-state index contributed by atoms with van der Waals surface area (Å²) in [7, 11) is 3.44. The molecule has 0 radical (unpaired) electrons. The molecule has 0 aromatic heterocycles. The van der Waals surface area contributed by atoms with E-state index in [0.29, 0.717) is 17.8 Å². The van der Waals surface area contributed by atoms with Crippen molar-refractivity contribution >= 4 is 17.5 Å². The second-order valence-electron chi connectivity index (χ2n) is 6.65. The molecule has 0 aliphatic carbocycles. The van der Waals surface area contributed by atoms with E-state index in [1.54, 1.807) is 19.2 Å². The molecule has 2 amide bonds. The largest absolute Gasteiger partial charge is 0.335 e. The van der Waals surface area contributed by atoms with Crippen LogP contribution in [-0.4, -0.2) is 48.8 Å². The number of benzene rings is 2. The van der Waals surface area contributed by atoms with Gasteiger partial charge in [0, 0.05) is 19.3 Å². The topological polar surface area (TPSA) is 76.4 Å². The first kappa shape index (κ1) is 20.1. The Morgan fingerprint density at radius 1 is 1.07 bits per heavy atom. The van der Waals surface area contributed by atoms with Gasteiger partial charge in [-0.15, -0.1) is 0 Å². The molecule has 0 saturated carbocycles. The third-order valence-electron chi connectivity index (χ3n) is 4.06. The van der Waals surface area contributed by atoms with Crippen molar-refractivity contribution in [2.75, 3.05) is 32.5 Å². The maximum atomic E-state index is 12.4. The van der Waals surface area contributed by atoms with Crippen LogP contribution in [0, 0.1) is 18.3 Å². The van der Waals surface area contributed by atoms with Crippen molar-refractivity contribution < 1.29 is 9.59 Å². The molecule has 0 heterocycles. The minimum atomic E-state index is -0.237. The lowest BCUT2D eigenvalue weighted by atomic mass is 10.1. The smallest absolute Gasteiger partial charge is 0.243 e. The molecule has 2 rings (SSSR count). The standard InChI is InChI=1S/C21H24N4O2/c1-16-7-9-19(10-8-16)23-20(26)14-25(3)21(27)15-24(2)13-18-6-4-5-17(11-18)12-22/h4-11H,13-15H2,1-3H3,(H,23,26). The molecule has 0 fully saturated rings. The van der Waals surface area contributed by atoms with Crippen LogP contribution >= 0.6 is 0 Å². The van der Waals surface area contributed by atoms with Crippen LogP contribution in [0.3, 0.4) is 0 Å². The highest BCUT2D eigenvalue weighted by molar-refractivity contribution is 5.94. The second kappa shape index (κ2) is 9.51. The Labute approximate surface area is 160 Å². The van der Waals surface area contributed by atoms with Gasteiger partial charge in [-0.3, -0.25) is 14.5 Å². The summed E-state index contributed by atoms with van der Waals surface area (Å²) >= 11 is 0. The first-order valence-electron chi connectivity index (χ1n) is 8.65. The van der Waals surface area contributed by atoms with E-state index in [9.17, 15) is 9.59 Å². The third kappa shape index (κ3) is 6.57. The summed E-state index contributed by atoms with van der Waals surface area (Å²) in [5.41, 5.74) is 3.38. The normalized spacial score (nSPS) is 10.3. The second-order valence-corrected chi connectivity index (χ2v) is 6.65. The predicted octanol–water partition coefficient (Wildman–Crippen LogP) is 2.40. The highest BCUT2D eigenvalue weighted by Gasteiger charge is 2.15. The van der Waals surface area contributed by atoms with Crippen molar-refractivity contribution in [2.45, 2.75) is 13.5 Å². The van der Waals surface area contributed by atoms with Gasteiger partial charge in [-0.1, -0.05) is 29.8 Å². The van der Waals surface area contributed by atoms with Crippen molar-refractivity contribution in [3.8, 4) is 6.07 Å². The van der Waals surface area contributed by atoms with Crippen LogP contribution in [0.25, 0.3) is 0 Å². The molecule has 6 nitrogen and oxygen atoms in total. The Morgan fingerprint density at radius 3 is 2.44 bits per heavy atom. The number of rotatable bonds is 7. The van der Waals surface area contributed by atoms with Gasteiger partial charge in [-0.2, -0.15) is 5.26 Å². The lowest BCUT2D eigenvalue weighted by Gasteiger charge is -2.21. The van der Waals surface area contributed by atoms with Gasteiger partial charge in [0.05, 0.1) is 24.7 Å². The maximum absolute atomic E-state index is 12.4. The Morgan fingerprint density at radius 2 is 1.78 bits per heavy atom. The first-order chi connectivity index (χ1) is 12.9. The fourth-order valence-corrected chi connectivity index (χ4v) is 2.60. The minimum Gasteiger partial charge on any atom is -0.335 e. The van der Waals surface area contributed by atoms with E-state index >= 15 is 0 Å². The van der Waals surface area contributed by atoms with Crippen LogP contribution in [0.15, 0.2) is 48.5 Å². The first-order valence-corrected chi connectivity index (χ1v) is 8.65. The van der Waals surface area contributed by atoms with E-state index in [1.165, 1.54) is 4.90 Å². The Bertz CT molecular complexity index is 840. The highest BCUT2D eigenvalue weighted by atomic mass is 16.2. The number of nitrogens with zero attached hydrogens (tertiary/aromatic N) is 3. The summed E-state index contributed by atoms with van der Waals surface area (Å²) in [6, 6.07) is 16.9. The molecule has 2 aromatic rings. The van der Waals surface area contributed by atoms with Crippen molar-refractivity contribution in [2.24, 2.45) is 0 Å². The molecule has 6 heteroatoms. The van der Waals surface area contributed by atoms with Crippen molar-refractivity contribution in [3.63, 3.8) is 0 Å². The van der Waals surface area contributed by atoms with E-state index in [2.05, 4.69) is 11.4 Å². The number of hydrogen-bond donors (Lipinski definition) is 1. The number of nitrogens with one attached hydrogen (secondary N) is 1. The van der Waals surface area contributed by atoms with E-state index in [1.807, 2.05) is 55.3 Å². The van der Waals surface area contributed by atoms with E-state index in [0.717, 1.165) is 11.1 Å². The van der Waals surface area contributed by atoms with E-state index < -0.39 is 0 Å². The van der Waals surface area contributed by atoms with Gasteiger partial charge in [0.25, 0.3) is 0 Å². The number of anilines is 1. The zero-order valence-corrected chi connectivity index (χ0v) is 15.9. The molecule has 0 spiro atoms. The summed E-state index contributed by atoms with van der Waals surface area (Å²) in [6.45, 7) is 2.70. The predicted molar refractivity (Wildman–Crippen MR) is 105 cm³/mol. The fourth-order valence-electron chi connectivity index (χ4n) is 2.60. The van der Waals surface area contributed by atoms with Gasteiger partial charge >= 0.3 is 0 Å². The van der Waals surface area contributed by atoms with Crippen LogP contribution in [0.4, 0.5) is 5.69 Å². The zero-order chi connectivity index (χ0) is 19.8. The summed E-state index contributed by atoms with van der Waals surface area (Å²) < 4.78 is 0.